The molecule has 4 heteroatoms. The van der Waals surface area contributed by atoms with Crippen molar-refractivity contribution >= 4 is 5.91 Å². The Balaban J connectivity index is 1.73. The molecule has 0 bridgehead atoms. The third-order valence-electron chi connectivity index (χ3n) is 4.10. The van der Waals surface area contributed by atoms with Crippen molar-refractivity contribution in [3.05, 3.63) is 0 Å². The number of carbonyl (C=O) groups excluding carboxylic acids is 1. The van der Waals surface area contributed by atoms with Gasteiger partial charge < -0.3 is 9.64 Å². The second-order valence-corrected chi connectivity index (χ2v) is 5.47. The van der Waals surface area contributed by atoms with Crippen LogP contribution in [0.4, 0.5) is 0 Å². The van der Waals surface area contributed by atoms with Gasteiger partial charge in [-0.25, -0.2) is 0 Å². The Bertz CT molecular complexity index is 277. The Morgan fingerprint density at radius 1 is 1.33 bits per heavy atom. The van der Waals surface area contributed by atoms with Gasteiger partial charge in [0, 0.05) is 6.54 Å². The van der Waals surface area contributed by atoms with Gasteiger partial charge in [-0.3, -0.25) is 10.1 Å². The van der Waals surface area contributed by atoms with Gasteiger partial charge in [-0.05, 0) is 26.2 Å². The smallest absolute Gasteiger partial charge is 0.240 e. The lowest BCUT2D eigenvalue weighted by Crippen LogP contribution is -2.39. The summed E-state index contributed by atoms with van der Waals surface area (Å²) in [5.74, 6) is 0.217. The predicted molar refractivity (Wildman–Crippen MR) is 71.2 cm³/mol. The number of rotatable bonds is 5. The SMILES string of the molecule is CCC1NC(C)C(=O)N1CCOC1CCCCC1. The third kappa shape index (κ3) is 3.23. The van der Waals surface area contributed by atoms with E-state index in [-0.39, 0.29) is 18.1 Å². The number of nitrogens with one attached hydrogen (secondary N) is 1. The Kier molecular flexibility index (Phi) is 5.01. The lowest BCUT2D eigenvalue weighted by atomic mass is 9.98. The summed E-state index contributed by atoms with van der Waals surface area (Å²) >= 11 is 0. The summed E-state index contributed by atoms with van der Waals surface area (Å²) in [6, 6.07) is -0.0374. The maximum Gasteiger partial charge on any atom is 0.240 e. The van der Waals surface area contributed by atoms with Crippen molar-refractivity contribution in [3.8, 4) is 0 Å². The first kappa shape index (κ1) is 13.8. The fourth-order valence-corrected chi connectivity index (χ4v) is 3.01. The summed E-state index contributed by atoms with van der Waals surface area (Å²) in [4.78, 5) is 13.9. The lowest BCUT2D eigenvalue weighted by Gasteiger charge is -2.26. The Morgan fingerprint density at radius 2 is 2.06 bits per heavy atom. The van der Waals surface area contributed by atoms with Gasteiger partial charge >= 0.3 is 0 Å². The molecule has 18 heavy (non-hydrogen) atoms. The van der Waals surface area contributed by atoms with Gasteiger partial charge in [0.15, 0.2) is 0 Å². The van der Waals surface area contributed by atoms with E-state index in [4.69, 9.17) is 4.74 Å². The molecule has 0 spiro atoms. The highest BCUT2D eigenvalue weighted by molar-refractivity contribution is 5.83. The average Bonchev–Trinajstić information content (AvgIpc) is 2.67. The normalized spacial score (nSPS) is 30.1. The number of hydrogen-bond donors (Lipinski definition) is 1. The van der Waals surface area contributed by atoms with Crippen molar-refractivity contribution in [2.24, 2.45) is 0 Å². The topological polar surface area (TPSA) is 41.6 Å². The first-order chi connectivity index (χ1) is 8.72. The summed E-state index contributed by atoms with van der Waals surface area (Å²) < 4.78 is 5.90. The highest BCUT2D eigenvalue weighted by Crippen LogP contribution is 2.20. The van der Waals surface area contributed by atoms with Gasteiger partial charge in [0.2, 0.25) is 5.91 Å². The molecule has 2 fully saturated rings. The van der Waals surface area contributed by atoms with E-state index >= 15 is 0 Å². The van der Waals surface area contributed by atoms with Crippen LogP contribution in [-0.2, 0) is 9.53 Å². The fourth-order valence-electron chi connectivity index (χ4n) is 3.01. The van der Waals surface area contributed by atoms with Crippen LogP contribution in [0.5, 0.6) is 0 Å². The van der Waals surface area contributed by atoms with E-state index in [1.54, 1.807) is 0 Å². The molecule has 1 heterocycles. The van der Waals surface area contributed by atoms with Crippen molar-refractivity contribution in [1.82, 2.24) is 10.2 Å². The van der Waals surface area contributed by atoms with Crippen LogP contribution in [0.2, 0.25) is 0 Å². The molecule has 1 aliphatic heterocycles. The largest absolute Gasteiger partial charge is 0.376 e. The minimum atomic E-state index is -0.0374. The van der Waals surface area contributed by atoms with Crippen molar-refractivity contribution < 1.29 is 9.53 Å². The van der Waals surface area contributed by atoms with Crippen LogP contribution < -0.4 is 5.32 Å². The van der Waals surface area contributed by atoms with Crippen LogP contribution in [0.1, 0.15) is 52.4 Å². The fraction of sp³-hybridized carbons (Fsp3) is 0.929. The standard InChI is InChI=1S/C14H26N2O2/c1-3-13-15-11(2)14(17)16(13)9-10-18-12-7-5-4-6-8-12/h11-13,15H,3-10H2,1-2H3. The molecule has 2 unspecified atom stereocenters. The van der Waals surface area contributed by atoms with Crippen LogP contribution in [0.15, 0.2) is 0 Å². The van der Waals surface area contributed by atoms with E-state index in [1.165, 1.54) is 32.1 Å². The zero-order valence-corrected chi connectivity index (χ0v) is 11.7. The summed E-state index contributed by atoms with van der Waals surface area (Å²) in [6.07, 6.45) is 7.92. The van der Waals surface area contributed by atoms with E-state index in [9.17, 15) is 4.79 Å². The molecule has 0 aromatic carbocycles. The van der Waals surface area contributed by atoms with Crippen LogP contribution >= 0.6 is 0 Å². The molecule has 104 valence electrons. The quantitative estimate of drug-likeness (QED) is 0.814. The van der Waals surface area contributed by atoms with Gasteiger partial charge in [-0.1, -0.05) is 26.2 Å². The van der Waals surface area contributed by atoms with Crippen LogP contribution in [-0.4, -0.2) is 42.3 Å². The van der Waals surface area contributed by atoms with Gasteiger partial charge in [-0.2, -0.15) is 0 Å². The van der Waals surface area contributed by atoms with Gasteiger partial charge in [0.1, 0.15) is 0 Å². The number of carbonyl (C=O) groups is 1. The maximum atomic E-state index is 12.0. The molecular weight excluding hydrogens is 228 g/mol. The molecular formula is C14H26N2O2. The van der Waals surface area contributed by atoms with Crippen molar-refractivity contribution in [1.29, 1.82) is 0 Å². The second kappa shape index (κ2) is 6.53. The molecule has 2 rings (SSSR count). The second-order valence-electron chi connectivity index (χ2n) is 5.47. The summed E-state index contributed by atoms with van der Waals surface area (Å²) in [6.45, 7) is 5.46. The molecule has 1 N–H and O–H groups in total. The molecule has 0 aromatic heterocycles. The average molecular weight is 254 g/mol. The van der Waals surface area contributed by atoms with E-state index in [0.29, 0.717) is 12.7 Å². The van der Waals surface area contributed by atoms with Gasteiger partial charge in [0.05, 0.1) is 24.9 Å². The predicted octanol–water partition coefficient (Wildman–Crippen LogP) is 1.89. The van der Waals surface area contributed by atoms with Crippen LogP contribution in [0, 0.1) is 0 Å². The minimum Gasteiger partial charge on any atom is -0.376 e. The molecule has 4 nitrogen and oxygen atoms in total. The molecule has 0 radical (unpaired) electrons. The number of ether oxygens (including phenoxy) is 1. The minimum absolute atomic E-state index is 0.0374. The molecule has 1 saturated carbocycles. The zero-order chi connectivity index (χ0) is 13.0. The highest BCUT2D eigenvalue weighted by Gasteiger charge is 2.34. The Hall–Kier alpha value is -0.610. The van der Waals surface area contributed by atoms with E-state index in [0.717, 1.165) is 13.0 Å². The van der Waals surface area contributed by atoms with Gasteiger partial charge in [0.25, 0.3) is 0 Å². The number of nitrogens with zero attached hydrogens (tertiary/aromatic N) is 1. The Morgan fingerprint density at radius 3 is 2.72 bits per heavy atom. The molecule has 2 atom stereocenters. The first-order valence-corrected chi connectivity index (χ1v) is 7.40. The number of amides is 1. The van der Waals surface area contributed by atoms with Crippen molar-refractivity contribution in [3.63, 3.8) is 0 Å². The molecule has 0 aromatic rings. The van der Waals surface area contributed by atoms with Crippen LogP contribution in [0.25, 0.3) is 0 Å². The summed E-state index contributed by atoms with van der Waals surface area (Å²) in [5.41, 5.74) is 0. The zero-order valence-electron chi connectivity index (χ0n) is 11.7. The van der Waals surface area contributed by atoms with E-state index in [2.05, 4.69) is 12.2 Å². The molecule has 1 amide bonds. The highest BCUT2D eigenvalue weighted by atomic mass is 16.5. The molecule has 1 saturated heterocycles. The third-order valence-corrected chi connectivity index (χ3v) is 4.10. The monoisotopic (exact) mass is 254 g/mol. The van der Waals surface area contributed by atoms with Crippen LogP contribution in [0.3, 0.4) is 0 Å². The first-order valence-electron chi connectivity index (χ1n) is 7.40. The lowest BCUT2D eigenvalue weighted by molar-refractivity contribution is -0.131. The molecule has 1 aliphatic carbocycles. The van der Waals surface area contributed by atoms with E-state index in [1.807, 2.05) is 11.8 Å². The van der Waals surface area contributed by atoms with Crippen molar-refractivity contribution in [2.75, 3.05) is 13.2 Å². The maximum absolute atomic E-state index is 12.0. The molecule has 2 aliphatic rings. The summed E-state index contributed by atoms with van der Waals surface area (Å²) in [5, 5.41) is 3.31. The Labute approximate surface area is 110 Å². The summed E-state index contributed by atoms with van der Waals surface area (Å²) in [7, 11) is 0. The van der Waals surface area contributed by atoms with Crippen molar-refractivity contribution in [2.45, 2.75) is 70.7 Å². The number of hydrogen-bond acceptors (Lipinski definition) is 3. The van der Waals surface area contributed by atoms with E-state index < -0.39 is 0 Å². The van der Waals surface area contributed by atoms with Gasteiger partial charge in [-0.15, -0.1) is 0 Å².